The van der Waals surface area contributed by atoms with Gasteiger partial charge in [0.05, 0.1) is 30.6 Å². The van der Waals surface area contributed by atoms with Gasteiger partial charge in [-0.3, -0.25) is 4.79 Å². The molecule has 10 heteroatoms. The number of amides is 1. The second-order valence-corrected chi connectivity index (χ2v) is 21.6. The fraction of sp³-hybridized carbons (Fsp3) is 0.833. The predicted molar refractivity (Wildman–Crippen MR) is 117 cm³/mol. The topological polar surface area (TPSA) is 93.1 Å². The molecule has 1 rings (SSSR count). The van der Waals surface area contributed by atoms with E-state index in [2.05, 4.69) is 51.9 Å². The largest absolute Gasteiger partial charge is 0.464 e. The fourth-order valence-electron chi connectivity index (χ4n) is 2.65. The first-order valence-electron chi connectivity index (χ1n) is 9.67. The Bertz CT molecular complexity index is 556. The van der Waals surface area contributed by atoms with Crippen LogP contribution in [0.5, 0.6) is 0 Å². The highest BCUT2D eigenvalue weighted by molar-refractivity contribution is 7.81. The van der Waals surface area contributed by atoms with Crippen LogP contribution in [0, 0.1) is 5.92 Å². The van der Waals surface area contributed by atoms with E-state index in [-0.39, 0.29) is 13.2 Å². The van der Waals surface area contributed by atoms with Crippen molar-refractivity contribution in [2.75, 3.05) is 13.2 Å². The molecule has 1 aliphatic rings. The summed E-state index contributed by atoms with van der Waals surface area (Å²) in [7, 11) is -2.84. The molecule has 0 aromatic heterocycles. The third kappa shape index (κ3) is 7.20. The molecule has 0 spiro atoms. The zero-order valence-corrected chi connectivity index (χ0v) is 20.9. The number of aliphatic hydroxyl groups excluding tert-OH is 1. The van der Waals surface area contributed by atoms with Gasteiger partial charge in [0.2, 0.25) is 11.9 Å². The molecule has 0 bridgehead atoms. The third-order valence-electron chi connectivity index (χ3n) is 4.58. The quantitative estimate of drug-likeness (QED) is 0.175. The summed E-state index contributed by atoms with van der Waals surface area (Å²) in [6, 6.07) is 0.0308. The molecule has 0 aliphatic carbocycles. The van der Waals surface area contributed by atoms with E-state index in [4.69, 9.17) is 9.47 Å². The lowest BCUT2D eigenvalue weighted by Gasteiger charge is -2.47. The predicted octanol–water partition coefficient (Wildman–Crippen LogP) is 2.21. The Hall–Kier alpha value is -0.846. The zero-order chi connectivity index (χ0) is 21.9. The second-order valence-electron chi connectivity index (χ2n) is 9.78. The maximum atomic E-state index is 12.6. The van der Waals surface area contributed by atoms with Gasteiger partial charge < -0.3 is 19.5 Å². The molecule has 1 unspecified atom stereocenters. The average molecular weight is 450 g/mol. The van der Waals surface area contributed by atoms with Crippen molar-refractivity contribution < 1.29 is 29.0 Å². The van der Waals surface area contributed by atoms with E-state index in [0.717, 1.165) is 17.0 Å². The van der Waals surface area contributed by atoms with Crippen LogP contribution in [-0.4, -0.2) is 74.7 Å². The summed E-state index contributed by atoms with van der Waals surface area (Å²) in [6.07, 6.45) is -0.919. The summed E-state index contributed by atoms with van der Waals surface area (Å²) in [5.74, 6) is -2.85. The number of nitrogens with zero attached hydrogens (tertiary/aromatic N) is 1. The van der Waals surface area contributed by atoms with Gasteiger partial charge in [0.1, 0.15) is 0 Å². The molecule has 1 saturated heterocycles. The Kier molecular flexibility index (Phi) is 8.79. The van der Waals surface area contributed by atoms with Crippen molar-refractivity contribution in [1.29, 1.82) is 0 Å². The van der Waals surface area contributed by atoms with E-state index in [1.165, 1.54) is 6.92 Å². The van der Waals surface area contributed by atoms with Gasteiger partial charge in [0, 0.05) is 16.1 Å². The SMILES string of the molecule is CC(O)[C@@H]1C(=O)N(C(C(=O)OCC[Si](C)(C)C)C(=O)OCC[Si](C)(C)C)[C@@H]1S. The lowest BCUT2D eigenvalue weighted by molar-refractivity contribution is -0.180. The number of rotatable bonds is 10. The molecule has 3 atom stereocenters. The smallest absolute Gasteiger partial charge is 0.340 e. The lowest BCUT2D eigenvalue weighted by atomic mass is 9.91. The minimum absolute atomic E-state index is 0.201. The van der Waals surface area contributed by atoms with Crippen molar-refractivity contribution in [3.8, 4) is 0 Å². The zero-order valence-electron chi connectivity index (χ0n) is 18.0. The summed E-state index contributed by atoms with van der Waals surface area (Å²) in [5.41, 5.74) is 0. The van der Waals surface area contributed by atoms with Crippen LogP contribution < -0.4 is 0 Å². The molecular formula is C18H35NO6SSi2. The molecule has 1 fully saturated rings. The number of carbonyl (C=O) groups is 3. The Balaban J connectivity index is 2.87. The highest BCUT2D eigenvalue weighted by Crippen LogP contribution is 2.35. The van der Waals surface area contributed by atoms with Crippen LogP contribution in [0.2, 0.25) is 51.4 Å². The molecule has 1 amide bonds. The monoisotopic (exact) mass is 449 g/mol. The van der Waals surface area contributed by atoms with E-state index in [0.29, 0.717) is 0 Å². The maximum absolute atomic E-state index is 12.6. The third-order valence-corrected chi connectivity index (χ3v) is 8.56. The van der Waals surface area contributed by atoms with Crippen LogP contribution in [-0.2, 0) is 23.9 Å². The second kappa shape index (κ2) is 9.77. The average Bonchev–Trinajstić information content (AvgIpc) is 2.49. The number of esters is 2. The van der Waals surface area contributed by atoms with E-state index in [9.17, 15) is 19.5 Å². The van der Waals surface area contributed by atoms with Gasteiger partial charge in [-0.2, -0.15) is 12.6 Å². The fourth-order valence-corrected chi connectivity index (χ4v) is 4.71. The van der Waals surface area contributed by atoms with Gasteiger partial charge in [0.15, 0.2) is 0 Å². The Morgan fingerprint density at radius 1 is 1.04 bits per heavy atom. The van der Waals surface area contributed by atoms with Crippen LogP contribution in [0.4, 0.5) is 0 Å². The van der Waals surface area contributed by atoms with Crippen LogP contribution in [0.25, 0.3) is 0 Å². The summed E-state index contributed by atoms with van der Waals surface area (Å²) >= 11 is 4.32. The first-order chi connectivity index (χ1) is 12.7. The molecule has 0 radical (unpaired) electrons. The van der Waals surface area contributed by atoms with Crippen LogP contribution in [0.1, 0.15) is 6.92 Å². The normalized spacial score (nSPS) is 21.4. The van der Waals surface area contributed by atoms with Crippen LogP contribution in [0.15, 0.2) is 0 Å². The molecule has 1 N–H and O–H groups in total. The molecule has 28 heavy (non-hydrogen) atoms. The standard InChI is InChI=1S/C18H35NO6SSi2/c1-12(20)13-15(21)19(16(13)26)14(17(22)24-8-10-27(2,3)4)18(23)25-9-11-28(5,6)7/h12-14,16,20,26H,8-11H2,1-7H3/t12?,13-,16-/m1/s1. The van der Waals surface area contributed by atoms with Crippen molar-refractivity contribution in [3.63, 3.8) is 0 Å². The highest BCUT2D eigenvalue weighted by Gasteiger charge is 2.55. The minimum atomic E-state index is -1.48. The van der Waals surface area contributed by atoms with Crippen molar-refractivity contribution in [3.05, 3.63) is 0 Å². The number of likely N-dealkylation sites (tertiary alicyclic amines) is 1. The summed E-state index contributed by atoms with van der Waals surface area (Å²) in [5, 5.41) is 8.99. The molecule has 0 saturated carbocycles. The summed E-state index contributed by atoms with van der Waals surface area (Å²) in [6.45, 7) is 14.8. The lowest BCUT2D eigenvalue weighted by Crippen LogP contribution is -2.68. The molecular weight excluding hydrogens is 414 g/mol. The van der Waals surface area contributed by atoms with Crippen molar-refractivity contribution in [2.24, 2.45) is 5.92 Å². The molecule has 162 valence electrons. The molecule has 0 aromatic carbocycles. The van der Waals surface area contributed by atoms with Gasteiger partial charge in [-0.05, 0) is 19.0 Å². The van der Waals surface area contributed by atoms with E-state index >= 15 is 0 Å². The number of hydrogen-bond donors (Lipinski definition) is 2. The Labute approximate surface area is 175 Å². The van der Waals surface area contributed by atoms with Gasteiger partial charge in [-0.1, -0.05) is 39.3 Å². The minimum Gasteiger partial charge on any atom is -0.464 e. The molecule has 1 aliphatic heterocycles. The van der Waals surface area contributed by atoms with Crippen molar-refractivity contribution in [1.82, 2.24) is 4.90 Å². The van der Waals surface area contributed by atoms with Gasteiger partial charge in [-0.25, -0.2) is 9.59 Å². The molecule has 1 heterocycles. The van der Waals surface area contributed by atoms with Crippen molar-refractivity contribution >= 4 is 46.6 Å². The van der Waals surface area contributed by atoms with E-state index in [1.54, 1.807) is 0 Å². The van der Waals surface area contributed by atoms with E-state index < -0.39 is 57.4 Å². The van der Waals surface area contributed by atoms with Crippen LogP contribution >= 0.6 is 12.6 Å². The first kappa shape index (κ1) is 25.2. The van der Waals surface area contributed by atoms with E-state index in [1.807, 2.05) is 0 Å². The number of aliphatic hydroxyl groups is 1. The van der Waals surface area contributed by atoms with Crippen LogP contribution in [0.3, 0.4) is 0 Å². The van der Waals surface area contributed by atoms with Gasteiger partial charge >= 0.3 is 11.9 Å². The highest BCUT2D eigenvalue weighted by atomic mass is 32.1. The first-order valence-corrected chi connectivity index (χ1v) is 17.6. The number of β-lactam (4-membered cyclic amide) rings is 1. The Morgan fingerprint density at radius 2 is 1.43 bits per heavy atom. The van der Waals surface area contributed by atoms with Gasteiger partial charge in [0.25, 0.3) is 0 Å². The number of thiol groups is 1. The number of carbonyl (C=O) groups excluding carboxylic acids is 3. The molecule has 7 nitrogen and oxygen atoms in total. The maximum Gasteiger partial charge on any atom is 0.340 e. The number of ether oxygens (including phenoxy) is 2. The van der Waals surface area contributed by atoms with Crippen molar-refractivity contribution in [2.45, 2.75) is 75.8 Å². The molecule has 0 aromatic rings. The Morgan fingerprint density at radius 3 is 1.71 bits per heavy atom. The van der Waals surface area contributed by atoms with Gasteiger partial charge in [-0.15, -0.1) is 0 Å². The number of hydrogen-bond acceptors (Lipinski definition) is 7. The summed E-state index contributed by atoms with van der Waals surface area (Å²) in [4.78, 5) is 38.8. The summed E-state index contributed by atoms with van der Waals surface area (Å²) < 4.78 is 10.6.